The molecule has 0 saturated heterocycles. The molecular weight excluding hydrogens is 479 g/mol. The predicted molar refractivity (Wildman–Crippen MR) is 139 cm³/mol. The SMILES string of the molecule is O=C(NCCc1cccs1)c1ccc(Cn2c(SCc3ccc(F)cc3)nc3cccnc32)cc1. The third kappa shape index (κ3) is 5.78. The summed E-state index contributed by atoms with van der Waals surface area (Å²) in [4.78, 5) is 23.1. The van der Waals surface area contributed by atoms with E-state index < -0.39 is 0 Å². The molecule has 0 spiro atoms. The van der Waals surface area contributed by atoms with Gasteiger partial charge in [-0.3, -0.25) is 9.36 Å². The molecule has 0 unspecified atom stereocenters. The molecule has 0 saturated carbocycles. The van der Waals surface area contributed by atoms with Crippen molar-refractivity contribution in [2.75, 3.05) is 6.54 Å². The monoisotopic (exact) mass is 502 g/mol. The van der Waals surface area contributed by atoms with Crippen molar-refractivity contribution < 1.29 is 9.18 Å². The Morgan fingerprint density at radius 2 is 1.80 bits per heavy atom. The molecule has 0 fully saturated rings. The third-order valence-electron chi connectivity index (χ3n) is 5.54. The summed E-state index contributed by atoms with van der Waals surface area (Å²) in [7, 11) is 0. The van der Waals surface area contributed by atoms with Crippen LogP contribution in [-0.4, -0.2) is 27.0 Å². The summed E-state index contributed by atoms with van der Waals surface area (Å²) in [6, 6.07) is 22.1. The van der Waals surface area contributed by atoms with Gasteiger partial charge in [-0.05, 0) is 65.4 Å². The highest BCUT2D eigenvalue weighted by Crippen LogP contribution is 2.27. The zero-order valence-corrected chi connectivity index (χ0v) is 20.5. The number of imidazole rings is 1. The van der Waals surface area contributed by atoms with Crippen LogP contribution in [0, 0.1) is 5.82 Å². The Bertz CT molecular complexity index is 1410. The van der Waals surface area contributed by atoms with Gasteiger partial charge < -0.3 is 5.32 Å². The summed E-state index contributed by atoms with van der Waals surface area (Å²) in [5.41, 5.74) is 4.35. The molecule has 0 bridgehead atoms. The van der Waals surface area contributed by atoms with Crippen LogP contribution in [0.5, 0.6) is 0 Å². The van der Waals surface area contributed by atoms with Crippen LogP contribution in [-0.2, 0) is 18.7 Å². The van der Waals surface area contributed by atoms with E-state index in [1.807, 2.05) is 47.8 Å². The van der Waals surface area contributed by atoms with Crippen LogP contribution in [0.2, 0.25) is 0 Å². The highest BCUT2D eigenvalue weighted by atomic mass is 32.2. The highest BCUT2D eigenvalue weighted by molar-refractivity contribution is 7.98. The second-order valence-electron chi connectivity index (χ2n) is 8.02. The number of hydrogen-bond acceptors (Lipinski definition) is 5. The van der Waals surface area contributed by atoms with E-state index in [1.54, 1.807) is 41.4 Å². The normalized spacial score (nSPS) is 11.1. The number of pyridine rings is 1. The number of thiophene rings is 1. The van der Waals surface area contributed by atoms with Crippen LogP contribution in [0.1, 0.15) is 26.4 Å². The maximum atomic E-state index is 13.2. The molecule has 0 aliphatic heterocycles. The summed E-state index contributed by atoms with van der Waals surface area (Å²) in [6.07, 6.45) is 2.60. The number of nitrogens with zero attached hydrogens (tertiary/aromatic N) is 3. The molecule has 0 atom stereocenters. The Balaban J connectivity index is 1.28. The lowest BCUT2D eigenvalue weighted by molar-refractivity contribution is 0.0954. The number of fused-ring (bicyclic) bond motifs is 1. The molecule has 1 N–H and O–H groups in total. The van der Waals surface area contributed by atoms with Crippen molar-refractivity contribution in [3.8, 4) is 0 Å². The summed E-state index contributed by atoms with van der Waals surface area (Å²) < 4.78 is 15.3. The lowest BCUT2D eigenvalue weighted by Crippen LogP contribution is -2.25. The molecule has 176 valence electrons. The number of nitrogens with one attached hydrogen (secondary N) is 1. The summed E-state index contributed by atoms with van der Waals surface area (Å²) >= 11 is 3.29. The van der Waals surface area contributed by atoms with E-state index in [0.717, 1.165) is 33.9 Å². The van der Waals surface area contributed by atoms with Gasteiger partial charge in [-0.15, -0.1) is 11.3 Å². The standard InChI is InChI=1S/C27H23FN4OS2/c28-22-11-7-20(8-12-22)18-35-27-31-24-4-1-14-29-25(24)32(27)17-19-5-9-21(10-6-19)26(33)30-15-13-23-3-2-16-34-23/h1-12,14,16H,13,15,17-18H2,(H,30,33). The van der Waals surface area contributed by atoms with Crippen LogP contribution in [0.15, 0.2) is 89.5 Å². The van der Waals surface area contributed by atoms with Gasteiger partial charge in [0, 0.05) is 28.9 Å². The number of rotatable bonds is 9. The molecule has 1 amide bonds. The molecule has 0 aliphatic rings. The first kappa shape index (κ1) is 23.3. The van der Waals surface area contributed by atoms with Crippen molar-refractivity contribution in [2.24, 2.45) is 0 Å². The summed E-state index contributed by atoms with van der Waals surface area (Å²) in [6.45, 7) is 1.20. The number of aromatic nitrogens is 3. The van der Waals surface area contributed by atoms with Gasteiger partial charge in [-0.25, -0.2) is 14.4 Å². The van der Waals surface area contributed by atoms with Gasteiger partial charge in [0.25, 0.3) is 5.91 Å². The average Bonchev–Trinajstić information content (AvgIpc) is 3.52. The number of hydrogen-bond donors (Lipinski definition) is 1. The molecule has 0 radical (unpaired) electrons. The first-order chi connectivity index (χ1) is 17.2. The first-order valence-electron chi connectivity index (χ1n) is 11.2. The van der Waals surface area contributed by atoms with E-state index in [4.69, 9.17) is 4.98 Å². The van der Waals surface area contributed by atoms with Gasteiger partial charge in [0.05, 0.1) is 6.54 Å². The summed E-state index contributed by atoms with van der Waals surface area (Å²) in [5.74, 6) is 0.363. The molecule has 35 heavy (non-hydrogen) atoms. The van der Waals surface area contributed by atoms with Crippen molar-refractivity contribution in [3.63, 3.8) is 0 Å². The van der Waals surface area contributed by atoms with Crippen LogP contribution >= 0.6 is 23.1 Å². The Labute approximate surface area is 211 Å². The predicted octanol–water partition coefficient (Wildman–Crippen LogP) is 5.95. The number of carbonyl (C=O) groups is 1. The molecule has 0 aliphatic carbocycles. The quantitative estimate of drug-likeness (QED) is 0.253. The molecule has 5 nitrogen and oxygen atoms in total. The number of carbonyl (C=O) groups excluding carboxylic acids is 1. The average molecular weight is 503 g/mol. The van der Waals surface area contributed by atoms with E-state index in [9.17, 15) is 9.18 Å². The van der Waals surface area contributed by atoms with Gasteiger partial charge in [-0.2, -0.15) is 0 Å². The Hall–Kier alpha value is -3.49. The van der Waals surface area contributed by atoms with Crippen molar-refractivity contribution in [2.45, 2.75) is 23.9 Å². The molecule has 3 heterocycles. The summed E-state index contributed by atoms with van der Waals surface area (Å²) in [5, 5.41) is 5.88. The fourth-order valence-corrected chi connectivity index (χ4v) is 5.39. The third-order valence-corrected chi connectivity index (χ3v) is 7.53. The molecule has 3 aromatic heterocycles. The smallest absolute Gasteiger partial charge is 0.251 e. The molecule has 8 heteroatoms. The molecular formula is C27H23FN4OS2. The van der Waals surface area contributed by atoms with E-state index in [0.29, 0.717) is 24.4 Å². The minimum atomic E-state index is -0.241. The van der Waals surface area contributed by atoms with Crippen molar-refractivity contribution in [3.05, 3.63) is 112 Å². The molecule has 5 rings (SSSR count). The Kier molecular flexibility index (Phi) is 7.20. The maximum Gasteiger partial charge on any atom is 0.251 e. The van der Waals surface area contributed by atoms with Crippen LogP contribution in [0.4, 0.5) is 4.39 Å². The minimum Gasteiger partial charge on any atom is -0.352 e. The number of thioether (sulfide) groups is 1. The fourth-order valence-electron chi connectivity index (χ4n) is 3.72. The van der Waals surface area contributed by atoms with Gasteiger partial charge >= 0.3 is 0 Å². The Morgan fingerprint density at radius 3 is 2.57 bits per heavy atom. The van der Waals surface area contributed by atoms with Gasteiger partial charge in [-0.1, -0.05) is 42.1 Å². The fraction of sp³-hybridized carbons (Fsp3) is 0.148. The lowest BCUT2D eigenvalue weighted by Gasteiger charge is -2.10. The molecule has 2 aromatic carbocycles. The second-order valence-corrected chi connectivity index (χ2v) is 10.00. The van der Waals surface area contributed by atoms with Gasteiger partial charge in [0.1, 0.15) is 11.3 Å². The number of benzene rings is 2. The van der Waals surface area contributed by atoms with Crippen LogP contribution < -0.4 is 5.32 Å². The van der Waals surface area contributed by atoms with Crippen LogP contribution in [0.3, 0.4) is 0 Å². The molecule has 5 aromatic rings. The van der Waals surface area contributed by atoms with E-state index in [-0.39, 0.29) is 11.7 Å². The lowest BCUT2D eigenvalue weighted by atomic mass is 10.1. The van der Waals surface area contributed by atoms with E-state index >= 15 is 0 Å². The Morgan fingerprint density at radius 1 is 1.00 bits per heavy atom. The number of amides is 1. The first-order valence-corrected chi connectivity index (χ1v) is 13.1. The highest BCUT2D eigenvalue weighted by Gasteiger charge is 2.14. The van der Waals surface area contributed by atoms with E-state index in [2.05, 4.69) is 20.9 Å². The second kappa shape index (κ2) is 10.8. The number of halogens is 1. The van der Waals surface area contributed by atoms with Crippen molar-refractivity contribution in [1.29, 1.82) is 0 Å². The van der Waals surface area contributed by atoms with Crippen molar-refractivity contribution in [1.82, 2.24) is 19.9 Å². The zero-order valence-electron chi connectivity index (χ0n) is 18.9. The van der Waals surface area contributed by atoms with Crippen molar-refractivity contribution >= 4 is 40.2 Å². The largest absolute Gasteiger partial charge is 0.352 e. The minimum absolute atomic E-state index is 0.0709. The topological polar surface area (TPSA) is 59.8 Å². The van der Waals surface area contributed by atoms with Gasteiger partial charge in [0.2, 0.25) is 0 Å². The van der Waals surface area contributed by atoms with E-state index in [1.165, 1.54) is 17.0 Å². The zero-order chi connectivity index (χ0) is 24.0. The van der Waals surface area contributed by atoms with Gasteiger partial charge in [0.15, 0.2) is 10.8 Å². The maximum absolute atomic E-state index is 13.2. The van der Waals surface area contributed by atoms with Crippen LogP contribution in [0.25, 0.3) is 11.2 Å².